The zero-order valence-electron chi connectivity index (χ0n) is 16.7. The van der Waals surface area contributed by atoms with Crippen LogP contribution in [0, 0.1) is 6.92 Å². The van der Waals surface area contributed by atoms with Crippen molar-refractivity contribution in [2.45, 2.75) is 13.5 Å². The molecule has 0 heterocycles. The van der Waals surface area contributed by atoms with E-state index in [1.807, 2.05) is 79.7 Å². The molecule has 3 rings (SSSR count). The van der Waals surface area contributed by atoms with Crippen molar-refractivity contribution < 1.29 is 19.0 Å². The van der Waals surface area contributed by atoms with Crippen molar-refractivity contribution in [3.63, 3.8) is 0 Å². The largest absolute Gasteiger partial charge is 0.493 e. The first-order chi connectivity index (χ1) is 14.3. The molecule has 150 valence electrons. The van der Waals surface area contributed by atoms with E-state index in [1.165, 1.54) is 0 Å². The van der Waals surface area contributed by atoms with Crippen molar-refractivity contribution in [1.82, 2.24) is 0 Å². The van der Waals surface area contributed by atoms with Gasteiger partial charge in [-0.2, -0.15) is 0 Å². The number of oxime groups is 1. The molecule has 0 unspecified atom stereocenters. The number of hydrogen-bond acceptors (Lipinski definition) is 5. The molecule has 29 heavy (non-hydrogen) atoms. The number of nitrogens with zero attached hydrogens (tertiary/aromatic N) is 1. The molecule has 0 aliphatic rings. The number of ether oxygens (including phenoxy) is 3. The molecule has 3 aromatic carbocycles. The van der Waals surface area contributed by atoms with E-state index in [2.05, 4.69) is 5.16 Å². The lowest BCUT2D eigenvalue weighted by molar-refractivity contribution is 0.108. The number of hydrogen-bond donors (Lipinski definition) is 0. The smallest absolute Gasteiger partial charge is 0.161 e. The zero-order chi connectivity index (χ0) is 20.3. The third-order valence-electron chi connectivity index (χ3n) is 4.23. The summed E-state index contributed by atoms with van der Waals surface area (Å²) in [5.74, 6) is 2.18. The zero-order valence-corrected chi connectivity index (χ0v) is 16.7. The van der Waals surface area contributed by atoms with Gasteiger partial charge in [0.25, 0.3) is 0 Å². The van der Waals surface area contributed by atoms with Crippen molar-refractivity contribution in [2.24, 2.45) is 5.16 Å². The Morgan fingerprint density at radius 2 is 1.59 bits per heavy atom. The van der Waals surface area contributed by atoms with Gasteiger partial charge in [0.15, 0.2) is 18.1 Å². The summed E-state index contributed by atoms with van der Waals surface area (Å²) in [6.07, 6.45) is 1.64. The van der Waals surface area contributed by atoms with E-state index in [4.69, 9.17) is 19.0 Å². The molecule has 0 radical (unpaired) electrons. The number of benzene rings is 3. The molecule has 0 fully saturated rings. The maximum atomic E-state index is 5.86. The molecule has 5 nitrogen and oxygen atoms in total. The van der Waals surface area contributed by atoms with Gasteiger partial charge in [0, 0.05) is 5.56 Å². The molecule has 0 atom stereocenters. The highest BCUT2D eigenvalue weighted by atomic mass is 16.6. The molecule has 0 spiro atoms. The fourth-order valence-electron chi connectivity index (χ4n) is 2.68. The minimum atomic E-state index is 0.361. The monoisotopic (exact) mass is 391 g/mol. The topological polar surface area (TPSA) is 49.3 Å². The van der Waals surface area contributed by atoms with Crippen LogP contribution in [0.1, 0.15) is 16.7 Å². The van der Waals surface area contributed by atoms with Gasteiger partial charge in [-0.1, -0.05) is 53.7 Å². The molecular weight excluding hydrogens is 366 g/mol. The highest BCUT2D eigenvalue weighted by molar-refractivity contribution is 5.80. The van der Waals surface area contributed by atoms with Gasteiger partial charge in [-0.15, -0.1) is 0 Å². The molecule has 5 heteroatoms. The first-order valence-corrected chi connectivity index (χ1v) is 9.45. The van der Waals surface area contributed by atoms with Crippen LogP contribution in [-0.4, -0.2) is 26.5 Å². The second kappa shape index (κ2) is 10.8. The van der Waals surface area contributed by atoms with Gasteiger partial charge in [-0.05, 0) is 42.3 Å². The van der Waals surface area contributed by atoms with E-state index in [0.29, 0.717) is 31.3 Å². The standard InChI is InChI=1S/C24H25NO4/c1-19-8-6-7-11-22(19)27-14-15-29-25-17-21-12-13-23(24(16-21)26-2)28-18-20-9-4-3-5-10-20/h3-13,16-17H,14-15,18H2,1-2H3/b25-17+. The van der Waals surface area contributed by atoms with E-state index < -0.39 is 0 Å². The fourth-order valence-corrected chi connectivity index (χ4v) is 2.68. The molecule has 3 aromatic rings. The number of methoxy groups -OCH3 is 1. The van der Waals surface area contributed by atoms with Gasteiger partial charge in [0.2, 0.25) is 0 Å². The summed E-state index contributed by atoms with van der Waals surface area (Å²) >= 11 is 0. The molecule has 0 N–H and O–H groups in total. The Labute approximate surface area is 171 Å². The van der Waals surface area contributed by atoms with Crippen molar-refractivity contribution in [1.29, 1.82) is 0 Å². The average Bonchev–Trinajstić information content (AvgIpc) is 2.77. The van der Waals surface area contributed by atoms with Gasteiger partial charge in [-0.25, -0.2) is 0 Å². The van der Waals surface area contributed by atoms with Crippen LogP contribution in [0.4, 0.5) is 0 Å². The number of aryl methyl sites for hydroxylation is 1. The minimum Gasteiger partial charge on any atom is -0.493 e. The Morgan fingerprint density at radius 3 is 2.38 bits per heavy atom. The third kappa shape index (κ3) is 6.28. The van der Waals surface area contributed by atoms with Crippen molar-refractivity contribution in [3.8, 4) is 17.2 Å². The lowest BCUT2D eigenvalue weighted by Gasteiger charge is -2.11. The molecular formula is C24H25NO4. The summed E-state index contributed by atoms with van der Waals surface area (Å²) < 4.78 is 17.0. The molecule has 0 amide bonds. The fraction of sp³-hybridized carbons (Fsp3) is 0.208. The van der Waals surface area contributed by atoms with Crippen LogP contribution in [0.25, 0.3) is 0 Å². The second-order valence-corrected chi connectivity index (χ2v) is 6.37. The average molecular weight is 391 g/mol. The van der Waals surface area contributed by atoms with Crippen LogP contribution in [0.2, 0.25) is 0 Å². The molecule has 0 aliphatic heterocycles. The Hall–Kier alpha value is -3.47. The van der Waals surface area contributed by atoms with E-state index in [-0.39, 0.29) is 0 Å². The highest BCUT2D eigenvalue weighted by Gasteiger charge is 2.05. The first kappa shape index (κ1) is 20.3. The summed E-state index contributed by atoms with van der Waals surface area (Å²) in [4.78, 5) is 5.28. The van der Waals surface area contributed by atoms with Gasteiger partial charge < -0.3 is 19.0 Å². The van der Waals surface area contributed by atoms with Crippen molar-refractivity contribution in [2.75, 3.05) is 20.3 Å². The number of rotatable bonds is 10. The Bertz CT molecular complexity index is 925. The van der Waals surface area contributed by atoms with E-state index >= 15 is 0 Å². The Balaban J connectivity index is 1.47. The predicted molar refractivity (Wildman–Crippen MR) is 114 cm³/mol. The Kier molecular flexibility index (Phi) is 7.52. The normalized spacial score (nSPS) is 10.7. The molecule has 0 saturated heterocycles. The molecule has 0 aliphatic carbocycles. The van der Waals surface area contributed by atoms with Gasteiger partial charge in [0.05, 0.1) is 13.3 Å². The summed E-state index contributed by atoms with van der Waals surface area (Å²) in [6.45, 7) is 3.28. The van der Waals surface area contributed by atoms with E-state index in [0.717, 1.165) is 22.4 Å². The van der Waals surface area contributed by atoms with E-state index in [1.54, 1.807) is 13.3 Å². The summed E-state index contributed by atoms with van der Waals surface area (Å²) in [7, 11) is 1.62. The quantitative estimate of drug-likeness (QED) is 0.277. The van der Waals surface area contributed by atoms with Crippen LogP contribution in [-0.2, 0) is 11.4 Å². The molecule has 0 bridgehead atoms. The van der Waals surface area contributed by atoms with Crippen LogP contribution in [0.5, 0.6) is 17.2 Å². The van der Waals surface area contributed by atoms with Crippen molar-refractivity contribution >= 4 is 6.21 Å². The minimum absolute atomic E-state index is 0.361. The molecule has 0 aromatic heterocycles. The van der Waals surface area contributed by atoms with Crippen LogP contribution in [0.15, 0.2) is 78.0 Å². The molecule has 0 saturated carbocycles. The summed E-state index contributed by atoms with van der Waals surface area (Å²) in [6, 6.07) is 23.5. The maximum Gasteiger partial charge on any atom is 0.161 e. The first-order valence-electron chi connectivity index (χ1n) is 9.45. The highest BCUT2D eigenvalue weighted by Crippen LogP contribution is 2.28. The van der Waals surface area contributed by atoms with Gasteiger partial charge in [0.1, 0.15) is 19.0 Å². The lowest BCUT2D eigenvalue weighted by Crippen LogP contribution is -2.05. The van der Waals surface area contributed by atoms with Gasteiger partial charge in [-0.3, -0.25) is 0 Å². The second-order valence-electron chi connectivity index (χ2n) is 6.37. The van der Waals surface area contributed by atoms with Crippen LogP contribution < -0.4 is 14.2 Å². The van der Waals surface area contributed by atoms with Gasteiger partial charge >= 0.3 is 0 Å². The van der Waals surface area contributed by atoms with Crippen LogP contribution in [0.3, 0.4) is 0 Å². The predicted octanol–water partition coefficient (Wildman–Crippen LogP) is 5.01. The third-order valence-corrected chi connectivity index (χ3v) is 4.23. The van der Waals surface area contributed by atoms with Crippen LogP contribution >= 0.6 is 0 Å². The van der Waals surface area contributed by atoms with Crippen molar-refractivity contribution in [3.05, 3.63) is 89.5 Å². The van der Waals surface area contributed by atoms with E-state index in [9.17, 15) is 0 Å². The number of para-hydroxylation sites is 1. The SMILES string of the molecule is COc1cc(/C=N/OCCOc2ccccc2C)ccc1OCc1ccccc1. The Morgan fingerprint density at radius 1 is 0.793 bits per heavy atom. The summed E-state index contributed by atoms with van der Waals surface area (Å²) in [5.41, 5.74) is 3.05. The summed E-state index contributed by atoms with van der Waals surface area (Å²) in [5, 5.41) is 3.99. The maximum absolute atomic E-state index is 5.86. The lowest BCUT2D eigenvalue weighted by atomic mass is 10.2.